The lowest BCUT2D eigenvalue weighted by Gasteiger charge is -2.42. The van der Waals surface area contributed by atoms with Gasteiger partial charge in [0, 0.05) is 67.6 Å². The molecule has 3 heterocycles. The zero-order valence-corrected chi connectivity index (χ0v) is 25.6. The molecule has 3 aromatic carbocycles. The van der Waals surface area contributed by atoms with Crippen LogP contribution in [-0.2, 0) is 0 Å². The van der Waals surface area contributed by atoms with E-state index in [-0.39, 0.29) is 17.9 Å². The van der Waals surface area contributed by atoms with Gasteiger partial charge in [0.2, 0.25) is 0 Å². The molecule has 2 fully saturated rings. The largest absolute Gasteiger partial charge is 0.491 e. The van der Waals surface area contributed by atoms with Gasteiger partial charge in [-0.15, -0.1) is 0 Å². The van der Waals surface area contributed by atoms with Crippen LogP contribution in [0.5, 0.6) is 5.75 Å². The van der Waals surface area contributed by atoms with Crippen LogP contribution in [0.3, 0.4) is 0 Å². The van der Waals surface area contributed by atoms with Crippen molar-refractivity contribution < 1.29 is 14.3 Å². The van der Waals surface area contributed by atoms with Crippen LogP contribution in [0.2, 0.25) is 0 Å². The van der Waals surface area contributed by atoms with Crippen LogP contribution in [0.4, 0.5) is 0 Å². The highest BCUT2D eigenvalue weighted by atomic mass is 16.5. The van der Waals surface area contributed by atoms with E-state index in [0.717, 1.165) is 67.3 Å². The minimum Gasteiger partial charge on any atom is -0.491 e. The van der Waals surface area contributed by atoms with E-state index in [1.165, 1.54) is 0 Å². The second-order valence-corrected chi connectivity index (χ2v) is 11.9. The standard InChI is InChI=1S/C37H40N4O3/c1-27(2)44-33-15-13-30(14-16-33)36(42)40-19-17-32(18-20-40)39-21-23-41(24-22-39)37(43)31-25-34(28-9-5-3-6-10-28)38-35(26-31)29-11-7-4-8-12-29/h3-16,25-27,32H,17-24H2,1-2H3. The average molecular weight is 589 g/mol. The maximum Gasteiger partial charge on any atom is 0.254 e. The summed E-state index contributed by atoms with van der Waals surface area (Å²) in [5.74, 6) is 0.911. The summed E-state index contributed by atoms with van der Waals surface area (Å²) in [6.45, 7) is 8.52. The van der Waals surface area contributed by atoms with Crippen molar-refractivity contribution in [1.29, 1.82) is 0 Å². The van der Waals surface area contributed by atoms with Gasteiger partial charge in [-0.3, -0.25) is 14.5 Å². The van der Waals surface area contributed by atoms with Gasteiger partial charge >= 0.3 is 0 Å². The Balaban J connectivity index is 1.06. The van der Waals surface area contributed by atoms with Gasteiger partial charge in [-0.25, -0.2) is 4.98 Å². The van der Waals surface area contributed by atoms with Crippen molar-refractivity contribution >= 4 is 11.8 Å². The van der Waals surface area contributed by atoms with Crippen molar-refractivity contribution in [2.75, 3.05) is 39.3 Å². The lowest BCUT2D eigenvalue weighted by molar-refractivity contribution is 0.0412. The number of rotatable bonds is 7. The smallest absolute Gasteiger partial charge is 0.254 e. The Morgan fingerprint density at radius 2 is 1.16 bits per heavy atom. The summed E-state index contributed by atoms with van der Waals surface area (Å²) in [5, 5.41) is 0. The zero-order chi connectivity index (χ0) is 30.5. The predicted molar refractivity (Wildman–Crippen MR) is 174 cm³/mol. The van der Waals surface area contributed by atoms with Crippen LogP contribution in [0.25, 0.3) is 22.5 Å². The van der Waals surface area contributed by atoms with Crippen LogP contribution in [0, 0.1) is 0 Å². The minimum atomic E-state index is 0.0478. The SMILES string of the molecule is CC(C)Oc1ccc(C(=O)N2CCC(N3CCN(C(=O)c4cc(-c5ccccc5)nc(-c5ccccc5)c4)CC3)CC2)cc1. The van der Waals surface area contributed by atoms with Crippen LogP contribution in [-0.4, -0.2) is 82.9 Å². The highest BCUT2D eigenvalue weighted by molar-refractivity contribution is 5.96. The highest BCUT2D eigenvalue weighted by Gasteiger charge is 2.31. The van der Waals surface area contributed by atoms with Crippen LogP contribution < -0.4 is 4.74 Å². The van der Waals surface area contributed by atoms with E-state index in [1.807, 2.05) is 121 Å². The maximum atomic E-state index is 13.8. The molecule has 0 bridgehead atoms. The second-order valence-electron chi connectivity index (χ2n) is 11.9. The number of nitrogens with zero attached hydrogens (tertiary/aromatic N) is 4. The molecule has 0 atom stereocenters. The Kier molecular flexibility index (Phi) is 9.03. The summed E-state index contributed by atoms with van der Waals surface area (Å²) in [5.41, 5.74) is 4.96. The number of benzene rings is 3. The molecule has 0 aliphatic carbocycles. The second kappa shape index (κ2) is 13.4. The molecular weight excluding hydrogens is 548 g/mol. The molecule has 7 nitrogen and oxygen atoms in total. The van der Waals surface area contributed by atoms with Gasteiger partial charge in [0.15, 0.2) is 0 Å². The first-order valence-electron chi connectivity index (χ1n) is 15.7. The molecule has 0 saturated carbocycles. The molecule has 0 N–H and O–H groups in total. The van der Waals surface area contributed by atoms with Crippen molar-refractivity contribution in [3.05, 3.63) is 108 Å². The first kappa shape index (κ1) is 29.6. The number of hydrogen-bond acceptors (Lipinski definition) is 5. The van der Waals surface area contributed by atoms with E-state index < -0.39 is 0 Å². The molecule has 2 aliphatic rings. The van der Waals surface area contributed by atoms with Gasteiger partial charge < -0.3 is 14.5 Å². The highest BCUT2D eigenvalue weighted by Crippen LogP contribution is 2.27. The fourth-order valence-electron chi connectivity index (χ4n) is 6.21. The van der Waals surface area contributed by atoms with Gasteiger partial charge in [0.25, 0.3) is 11.8 Å². The molecule has 2 amide bonds. The molecule has 44 heavy (non-hydrogen) atoms. The number of pyridine rings is 1. The molecule has 6 rings (SSSR count). The van der Waals surface area contributed by atoms with Crippen LogP contribution in [0.15, 0.2) is 97.1 Å². The summed E-state index contributed by atoms with van der Waals surface area (Å²) in [6, 6.07) is 31.8. The quantitative estimate of drug-likeness (QED) is 0.255. The van der Waals surface area contributed by atoms with Crippen molar-refractivity contribution in [2.45, 2.75) is 38.8 Å². The third-order valence-corrected chi connectivity index (χ3v) is 8.55. The van der Waals surface area contributed by atoms with E-state index in [4.69, 9.17) is 9.72 Å². The summed E-state index contributed by atoms with van der Waals surface area (Å²) >= 11 is 0. The Bertz CT molecular complexity index is 1500. The van der Waals surface area contributed by atoms with E-state index in [2.05, 4.69) is 4.90 Å². The number of carbonyl (C=O) groups excluding carboxylic acids is 2. The van der Waals surface area contributed by atoms with Gasteiger partial charge in [-0.2, -0.15) is 0 Å². The molecule has 226 valence electrons. The predicted octanol–water partition coefficient (Wildman–Crippen LogP) is 6.27. The molecule has 7 heteroatoms. The van der Waals surface area contributed by atoms with E-state index in [0.29, 0.717) is 30.3 Å². The van der Waals surface area contributed by atoms with Crippen LogP contribution >= 0.6 is 0 Å². The number of piperazine rings is 1. The van der Waals surface area contributed by atoms with Gasteiger partial charge in [-0.1, -0.05) is 60.7 Å². The fraction of sp³-hybridized carbons (Fsp3) is 0.324. The molecular formula is C37H40N4O3. The number of piperidine rings is 1. The third-order valence-electron chi connectivity index (χ3n) is 8.55. The zero-order valence-electron chi connectivity index (χ0n) is 25.6. The first-order chi connectivity index (χ1) is 21.4. The number of ether oxygens (including phenoxy) is 1. The normalized spacial score (nSPS) is 16.2. The first-order valence-corrected chi connectivity index (χ1v) is 15.7. The number of aromatic nitrogens is 1. The summed E-state index contributed by atoms with van der Waals surface area (Å²) in [7, 11) is 0. The molecule has 4 aromatic rings. The van der Waals surface area contributed by atoms with Gasteiger partial charge in [0.1, 0.15) is 5.75 Å². The molecule has 2 aliphatic heterocycles. The lowest BCUT2D eigenvalue weighted by atomic mass is 10.0. The van der Waals surface area contributed by atoms with Crippen molar-refractivity contribution in [1.82, 2.24) is 19.7 Å². The Labute approximate surface area is 260 Å². The monoisotopic (exact) mass is 588 g/mol. The third kappa shape index (κ3) is 6.84. The maximum absolute atomic E-state index is 13.8. The Morgan fingerprint density at radius 3 is 1.68 bits per heavy atom. The molecule has 0 radical (unpaired) electrons. The minimum absolute atomic E-state index is 0.0478. The topological polar surface area (TPSA) is 66.0 Å². The summed E-state index contributed by atoms with van der Waals surface area (Å²) in [6.07, 6.45) is 1.99. The van der Waals surface area contributed by atoms with Gasteiger partial charge in [0.05, 0.1) is 17.5 Å². The molecule has 0 unspecified atom stereocenters. The number of hydrogen-bond donors (Lipinski definition) is 0. The summed E-state index contributed by atoms with van der Waals surface area (Å²) in [4.78, 5) is 38.3. The molecule has 1 aromatic heterocycles. The lowest BCUT2D eigenvalue weighted by Crippen LogP contribution is -2.54. The number of likely N-dealkylation sites (tertiary alicyclic amines) is 1. The number of amides is 2. The summed E-state index contributed by atoms with van der Waals surface area (Å²) < 4.78 is 5.71. The van der Waals surface area contributed by atoms with E-state index in [9.17, 15) is 9.59 Å². The van der Waals surface area contributed by atoms with E-state index in [1.54, 1.807) is 0 Å². The molecule has 2 saturated heterocycles. The van der Waals surface area contributed by atoms with Gasteiger partial charge in [-0.05, 0) is 63.1 Å². The van der Waals surface area contributed by atoms with Crippen molar-refractivity contribution in [2.24, 2.45) is 0 Å². The Morgan fingerprint density at radius 1 is 0.659 bits per heavy atom. The average Bonchev–Trinajstić information content (AvgIpc) is 3.08. The Hall–Kier alpha value is -4.49. The van der Waals surface area contributed by atoms with Crippen LogP contribution in [0.1, 0.15) is 47.4 Å². The van der Waals surface area contributed by atoms with Crippen molar-refractivity contribution in [3.8, 4) is 28.3 Å². The number of carbonyl (C=O) groups is 2. The fourth-order valence-corrected chi connectivity index (χ4v) is 6.21. The molecule has 0 spiro atoms. The van der Waals surface area contributed by atoms with E-state index >= 15 is 0 Å². The van der Waals surface area contributed by atoms with Crippen molar-refractivity contribution in [3.63, 3.8) is 0 Å².